The van der Waals surface area contributed by atoms with Gasteiger partial charge in [-0.25, -0.2) is 8.42 Å². The van der Waals surface area contributed by atoms with Gasteiger partial charge in [0.05, 0.1) is 22.7 Å². The van der Waals surface area contributed by atoms with Gasteiger partial charge in [-0.2, -0.15) is 0 Å². The van der Waals surface area contributed by atoms with Gasteiger partial charge in [0.15, 0.2) is 9.84 Å². The quantitative estimate of drug-likeness (QED) is 0.825. The van der Waals surface area contributed by atoms with Gasteiger partial charge in [0, 0.05) is 0 Å². The maximum atomic E-state index is 12.6. The fourth-order valence-electron chi connectivity index (χ4n) is 6.00. The summed E-state index contributed by atoms with van der Waals surface area (Å²) in [6.45, 7) is 0. The van der Waals surface area contributed by atoms with E-state index in [0.717, 1.165) is 38.5 Å². The number of hydrogen-bond acceptors (Lipinski definition) is 4. The number of rotatable bonds is 4. The molecule has 120 valence electrons. The fraction of sp³-hybridized carbons (Fsp3) is 1.00. The second-order valence-electron chi connectivity index (χ2n) is 8.40. The summed E-state index contributed by atoms with van der Waals surface area (Å²) in [7, 11) is -3.41. The molecule has 4 bridgehead atoms. The number of aliphatic hydroxyl groups is 2. The Balaban J connectivity index is 1.47. The molecule has 0 radical (unpaired) electrons. The minimum absolute atomic E-state index is 0.138. The second-order valence-corrected chi connectivity index (χ2v) is 10.5. The van der Waals surface area contributed by atoms with Crippen LogP contribution in [0.3, 0.4) is 0 Å². The first-order valence-corrected chi connectivity index (χ1v) is 10.3. The van der Waals surface area contributed by atoms with Gasteiger partial charge in [-0.3, -0.25) is 0 Å². The van der Waals surface area contributed by atoms with Crippen molar-refractivity contribution >= 4 is 9.84 Å². The van der Waals surface area contributed by atoms with Gasteiger partial charge in [0.25, 0.3) is 0 Å². The normalized spacial score (nSPS) is 51.9. The van der Waals surface area contributed by atoms with Crippen molar-refractivity contribution in [2.24, 2.45) is 23.7 Å². The molecule has 4 rings (SSSR count). The van der Waals surface area contributed by atoms with E-state index in [0.29, 0.717) is 24.7 Å². The lowest BCUT2D eigenvalue weighted by Crippen LogP contribution is -2.48. The molecule has 4 nitrogen and oxygen atoms in total. The lowest BCUT2D eigenvalue weighted by molar-refractivity contribution is 0.00213. The van der Waals surface area contributed by atoms with E-state index in [4.69, 9.17) is 0 Å². The van der Waals surface area contributed by atoms with Gasteiger partial charge in [0.2, 0.25) is 0 Å². The molecule has 6 atom stereocenters. The van der Waals surface area contributed by atoms with Gasteiger partial charge >= 0.3 is 0 Å². The minimum atomic E-state index is -3.41. The molecule has 0 aromatic rings. The molecule has 0 amide bonds. The molecule has 0 aliphatic heterocycles. The first-order valence-electron chi connectivity index (χ1n) is 8.43. The van der Waals surface area contributed by atoms with Gasteiger partial charge in [-0.15, -0.1) is 0 Å². The first-order chi connectivity index (χ1) is 9.78. The van der Waals surface area contributed by atoms with Gasteiger partial charge in [-0.1, -0.05) is 0 Å². The van der Waals surface area contributed by atoms with E-state index in [1.54, 1.807) is 0 Å². The SMILES string of the molecule is O=S(=O)(C[C@]1(O)C[C@H]2CC[C@@H]1C2)C[C@@]1(O)C[C@@H]2CC[C@H]1C2. The van der Waals surface area contributed by atoms with Crippen LogP contribution in [0.5, 0.6) is 0 Å². The zero-order valence-electron chi connectivity index (χ0n) is 12.5. The second kappa shape index (κ2) is 4.45. The summed E-state index contributed by atoms with van der Waals surface area (Å²) in [5, 5.41) is 21.5. The van der Waals surface area contributed by atoms with Gasteiger partial charge in [0.1, 0.15) is 0 Å². The molecule has 2 N–H and O–H groups in total. The van der Waals surface area contributed by atoms with Crippen molar-refractivity contribution in [3.63, 3.8) is 0 Å². The van der Waals surface area contributed by atoms with Crippen LogP contribution in [0.1, 0.15) is 51.4 Å². The van der Waals surface area contributed by atoms with Crippen molar-refractivity contribution < 1.29 is 18.6 Å². The number of sulfone groups is 1. The Kier molecular flexibility index (Phi) is 3.07. The third-order valence-electron chi connectivity index (χ3n) is 6.83. The van der Waals surface area contributed by atoms with Crippen molar-refractivity contribution in [1.82, 2.24) is 0 Å². The van der Waals surface area contributed by atoms with E-state index < -0.39 is 21.0 Å². The average Bonchev–Trinajstić information content (AvgIpc) is 3.03. The Labute approximate surface area is 126 Å². The van der Waals surface area contributed by atoms with Crippen LogP contribution in [-0.4, -0.2) is 41.3 Å². The number of fused-ring (bicyclic) bond motifs is 4. The van der Waals surface area contributed by atoms with E-state index in [1.165, 1.54) is 0 Å². The first kappa shape index (κ1) is 14.5. The standard InChI is InChI=1S/C16H26O4S/c17-15(7-11-1-3-13(15)5-11)9-21(19,20)10-16(18)8-12-2-4-14(16)6-12/h11-14,17-18H,1-10H2/t11-,12+,13+,14-,15+,16-. The molecule has 4 saturated carbocycles. The molecule has 4 fully saturated rings. The molecular weight excluding hydrogens is 288 g/mol. The summed E-state index contributed by atoms with van der Waals surface area (Å²) in [6.07, 6.45) is 7.46. The maximum Gasteiger partial charge on any atom is 0.155 e. The molecule has 21 heavy (non-hydrogen) atoms. The Morgan fingerprint density at radius 2 is 1.24 bits per heavy atom. The molecule has 0 heterocycles. The third kappa shape index (κ3) is 2.36. The minimum Gasteiger partial charge on any atom is -0.389 e. The Morgan fingerprint density at radius 3 is 1.52 bits per heavy atom. The molecule has 4 aliphatic carbocycles. The average molecular weight is 314 g/mol. The highest BCUT2D eigenvalue weighted by Gasteiger charge is 2.55. The maximum absolute atomic E-state index is 12.6. The summed E-state index contributed by atoms with van der Waals surface area (Å²) in [5.41, 5.74) is -2.04. The smallest absolute Gasteiger partial charge is 0.155 e. The van der Waals surface area contributed by atoms with E-state index in [2.05, 4.69) is 0 Å². The van der Waals surface area contributed by atoms with Crippen LogP contribution < -0.4 is 0 Å². The van der Waals surface area contributed by atoms with Crippen LogP contribution in [0.2, 0.25) is 0 Å². The highest BCUT2D eigenvalue weighted by Crippen LogP contribution is 2.53. The summed E-state index contributed by atoms with van der Waals surface area (Å²) in [5.74, 6) is 1.07. The topological polar surface area (TPSA) is 74.6 Å². The summed E-state index contributed by atoms with van der Waals surface area (Å²) in [4.78, 5) is 0. The lowest BCUT2D eigenvalue weighted by Gasteiger charge is -2.35. The molecule has 0 saturated heterocycles. The van der Waals surface area contributed by atoms with E-state index in [1.807, 2.05) is 0 Å². The molecule has 5 heteroatoms. The molecular formula is C16H26O4S. The third-order valence-corrected chi connectivity index (χ3v) is 8.71. The number of hydrogen-bond donors (Lipinski definition) is 2. The Hall–Kier alpha value is -0.130. The zero-order chi connectivity index (χ0) is 14.9. The molecule has 0 aromatic heterocycles. The predicted molar refractivity (Wildman–Crippen MR) is 79.4 cm³/mol. The highest BCUT2D eigenvalue weighted by molar-refractivity contribution is 7.91. The van der Waals surface area contributed by atoms with Crippen molar-refractivity contribution in [3.05, 3.63) is 0 Å². The van der Waals surface area contributed by atoms with Crippen molar-refractivity contribution in [2.45, 2.75) is 62.6 Å². The summed E-state index contributed by atoms with van der Waals surface area (Å²) < 4.78 is 25.2. The summed E-state index contributed by atoms with van der Waals surface area (Å²) in [6, 6.07) is 0. The molecule has 0 aromatic carbocycles. The van der Waals surface area contributed by atoms with Crippen LogP contribution in [0.25, 0.3) is 0 Å². The lowest BCUT2D eigenvalue weighted by atomic mass is 9.86. The Morgan fingerprint density at radius 1 is 0.810 bits per heavy atom. The predicted octanol–water partition coefficient (Wildman–Crippen LogP) is 1.50. The van der Waals surface area contributed by atoms with Gasteiger partial charge < -0.3 is 10.2 Å². The van der Waals surface area contributed by atoms with E-state index in [9.17, 15) is 18.6 Å². The molecule has 0 unspecified atom stereocenters. The zero-order valence-corrected chi connectivity index (χ0v) is 13.3. The summed E-state index contributed by atoms with van der Waals surface area (Å²) >= 11 is 0. The molecule has 0 spiro atoms. The highest BCUT2D eigenvalue weighted by atomic mass is 32.2. The van der Waals surface area contributed by atoms with Crippen LogP contribution >= 0.6 is 0 Å². The van der Waals surface area contributed by atoms with Crippen molar-refractivity contribution in [1.29, 1.82) is 0 Å². The van der Waals surface area contributed by atoms with Crippen LogP contribution in [0.4, 0.5) is 0 Å². The fourth-order valence-corrected chi connectivity index (χ4v) is 8.33. The van der Waals surface area contributed by atoms with E-state index >= 15 is 0 Å². The van der Waals surface area contributed by atoms with Crippen LogP contribution in [0.15, 0.2) is 0 Å². The van der Waals surface area contributed by atoms with Crippen molar-refractivity contribution in [2.75, 3.05) is 11.5 Å². The largest absolute Gasteiger partial charge is 0.389 e. The van der Waals surface area contributed by atoms with E-state index in [-0.39, 0.29) is 23.3 Å². The van der Waals surface area contributed by atoms with Crippen LogP contribution in [0, 0.1) is 23.7 Å². The van der Waals surface area contributed by atoms with Gasteiger partial charge in [-0.05, 0) is 75.0 Å². The van der Waals surface area contributed by atoms with Crippen molar-refractivity contribution in [3.8, 4) is 0 Å². The monoisotopic (exact) mass is 314 g/mol. The Bertz CT molecular complexity index is 502. The van der Waals surface area contributed by atoms with Crippen LogP contribution in [-0.2, 0) is 9.84 Å². The molecule has 4 aliphatic rings.